The second-order valence-electron chi connectivity index (χ2n) is 6.02. The van der Waals surface area contributed by atoms with Gasteiger partial charge in [-0.2, -0.15) is 0 Å². The minimum absolute atomic E-state index is 0.217. The van der Waals surface area contributed by atoms with Gasteiger partial charge in [0.2, 0.25) is 0 Å². The Kier molecular flexibility index (Phi) is 7.68. The zero-order chi connectivity index (χ0) is 20.8. The SMILES string of the molecule is CCOc1ccc(N=Cc2cc(Cl)c(OCc3ccc(Cl)cc3Cl)c(Cl)c2)cc1. The number of hydrogen-bond acceptors (Lipinski definition) is 3. The molecule has 0 aliphatic rings. The summed E-state index contributed by atoms with van der Waals surface area (Å²) in [6, 6.07) is 16.2. The van der Waals surface area contributed by atoms with Crippen molar-refractivity contribution in [2.24, 2.45) is 4.99 Å². The van der Waals surface area contributed by atoms with E-state index in [0.717, 1.165) is 22.6 Å². The van der Waals surface area contributed by atoms with E-state index in [4.69, 9.17) is 55.9 Å². The van der Waals surface area contributed by atoms with E-state index in [2.05, 4.69) is 4.99 Å². The maximum absolute atomic E-state index is 6.36. The Balaban J connectivity index is 1.71. The topological polar surface area (TPSA) is 30.8 Å². The Hall–Kier alpha value is -1.91. The number of ether oxygens (including phenoxy) is 2. The molecular weight excluding hydrogens is 452 g/mol. The number of nitrogens with zero attached hydrogens (tertiary/aromatic N) is 1. The molecule has 29 heavy (non-hydrogen) atoms. The van der Waals surface area contributed by atoms with Crippen molar-refractivity contribution in [1.29, 1.82) is 0 Å². The predicted molar refractivity (Wildman–Crippen MR) is 122 cm³/mol. The summed E-state index contributed by atoms with van der Waals surface area (Å²) < 4.78 is 11.2. The molecule has 0 fully saturated rings. The molecule has 0 bridgehead atoms. The fraction of sp³-hybridized carbons (Fsp3) is 0.136. The quantitative estimate of drug-likeness (QED) is 0.328. The summed E-state index contributed by atoms with van der Waals surface area (Å²) in [6.07, 6.45) is 1.69. The second-order valence-corrected chi connectivity index (χ2v) is 7.68. The van der Waals surface area contributed by atoms with Crippen LogP contribution in [-0.4, -0.2) is 12.8 Å². The van der Waals surface area contributed by atoms with Gasteiger partial charge in [0.15, 0.2) is 5.75 Å². The van der Waals surface area contributed by atoms with Crippen molar-refractivity contribution < 1.29 is 9.47 Å². The van der Waals surface area contributed by atoms with E-state index in [1.807, 2.05) is 31.2 Å². The number of rotatable bonds is 7. The fourth-order valence-electron chi connectivity index (χ4n) is 2.52. The minimum Gasteiger partial charge on any atom is -0.494 e. The molecule has 0 aliphatic carbocycles. The van der Waals surface area contributed by atoms with Crippen molar-refractivity contribution >= 4 is 58.3 Å². The molecule has 3 nitrogen and oxygen atoms in total. The van der Waals surface area contributed by atoms with Crippen molar-refractivity contribution in [3.05, 3.63) is 85.8 Å². The molecule has 0 atom stereocenters. The molecule has 0 amide bonds. The zero-order valence-corrected chi connectivity index (χ0v) is 18.5. The van der Waals surface area contributed by atoms with Crippen LogP contribution in [0.3, 0.4) is 0 Å². The van der Waals surface area contributed by atoms with Gasteiger partial charge in [-0.1, -0.05) is 52.5 Å². The van der Waals surface area contributed by atoms with E-state index in [0.29, 0.717) is 32.4 Å². The van der Waals surface area contributed by atoms with Crippen molar-refractivity contribution in [1.82, 2.24) is 0 Å². The third kappa shape index (κ3) is 6.03. The Bertz CT molecular complexity index is 997. The molecule has 0 N–H and O–H groups in total. The lowest BCUT2D eigenvalue weighted by molar-refractivity contribution is 0.306. The molecule has 0 spiro atoms. The zero-order valence-electron chi connectivity index (χ0n) is 15.5. The molecule has 0 unspecified atom stereocenters. The monoisotopic (exact) mass is 467 g/mol. The Morgan fingerprint density at radius 2 is 1.52 bits per heavy atom. The molecule has 3 rings (SSSR count). The van der Waals surface area contributed by atoms with Crippen molar-refractivity contribution in [3.63, 3.8) is 0 Å². The summed E-state index contributed by atoms with van der Waals surface area (Å²) in [5.74, 6) is 1.19. The summed E-state index contributed by atoms with van der Waals surface area (Å²) in [5.41, 5.74) is 2.33. The van der Waals surface area contributed by atoms with E-state index >= 15 is 0 Å². The molecule has 0 heterocycles. The number of aliphatic imine (C=N–C) groups is 1. The van der Waals surface area contributed by atoms with Crippen LogP contribution in [0, 0.1) is 0 Å². The van der Waals surface area contributed by atoms with Gasteiger partial charge < -0.3 is 9.47 Å². The molecule has 3 aromatic rings. The van der Waals surface area contributed by atoms with Crippen molar-refractivity contribution in [2.75, 3.05) is 6.61 Å². The summed E-state index contributed by atoms with van der Waals surface area (Å²) in [7, 11) is 0. The molecule has 0 aromatic heterocycles. The molecule has 3 aromatic carbocycles. The highest BCUT2D eigenvalue weighted by atomic mass is 35.5. The van der Waals surface area contributed by atoms with Gasteiger partial charge >= 0.3 is 0 Å². The van der Waals surface area contributed by atoms with E-state index in [9.17, 15) is 0 Å². The molecule has 0 aliphatic heterocycles. The highest BCUT2D eigenvalue weighted by Crippen LogP contribution is 2.35. The number of halogens is 4. The highest BCUT2D eigenvalue weighted by Gasteiger charge is 2.11. The standard InChI is InChI=1S/C22H17Cl4NO2/c1-2-28-18-7-5-17(6-8-18)27-12-14-9-20(25)22(21(26)10-14)29-13-15-3-4-16(23)11-19(15)24/h3-12H,2,13H2,1H3. The third-order valence-electron chi connectivity index (χ3n) is 3.92. The average molecular weight is 469 g/mol. The summed E-state index contributed by atoms with van der Waals surface area (Å²) >= 11 is 24.8. The summed E-state index contributed by atoms with van der Waals surface area (Å²) in [4.78, 5) is 4.43. The van der Waals surface area contributed by atoms with Gasteiger partial charge in [-0.15, -0.1) is 0 Å². The number of hydrogen-bond donors (Lipinski definition) is 0. The Labute approximate surface area is 189 Å². The first-order valence-corrected chi connectivity index (χ1v) is 10.3. The smallest absolute Gasteiger partial charge is 0.157 e. The van der Waals surface area contributed by atoms with Crippen LogP contribution >= 0.6 is 46.4 Å². The Morgan fingerprint density at radius 1 is 0.828 bits per heavy atom. The van der Waals surface area contributed by atoms with Crippen LogP contribution in [0.1, 0.15) is 18.1 Å². The Morgan fingerprint density at radius 3 is 2.14 bits per heavy atom. The molecule has 0 radical (unpaired) electrons. The van der Waals surface area contributed by atoms with Gasteiger partial charge in [0.25, 0.3) is 0 Å². The lowest BCUT2D eigenvalue weighted by Crippen LogP contribution is -1.98. The second kappa shape index (κ2) is 10.2. The summed E-state index contributed by atoms with van der Waals surface area (Å²) in [6.45, 7) is 2.78. The van der Waals surface area contributed by atoms with Crippen LogP contribution in [-0.2, 0) is 6.61 Å². The van der Waals surface area contributed by atoms with Crippen molar-refractivity contribution in [2.45, 2.75) is 13.5 Å². The van der Waals surface area contributed by atoms with Gasteiger partial charge in [0, 0.05) is 21.8 Å². The van der Waals surface area contributed by atoms with Gasteiger partial charge in [-0.25, -0.2) is 0 Å². The van der Waals surface area contributed by atoms with E-state index in [1.165, 1.54) is 0 Å². The first-order valence-electron chi connectivity index (χ1n) is 8.79. The van der Waals surface area contributed by atoms with Gasteiger partial charge in [-0.05, 0) is 61.0 Å². The van der Waals surface area contributed by atoms with Gasteiger partial charge in [0.05, 0.1) is 22.3 Å². The molecule has 150 valence electrons. The first-order chi connectivity index (χ1) is 14.0. The molecule has 0 saturated carbocycles. The van der Waals surface area contributed by atoms with Crippen LogP contribution in [0.4, 0.5) is 5.69 Å². The van der Waals surface area contributed by atoms with Crippen LogP contribution in [0.25, 0.3) is 0 Å². The van der Waals surface area contributed by atoms with Crippen LogP contribution in [0.15, 0.2) is 59.6 Å². The lowest BCUT2D eigenvalue weighted by atomic mass is 10.2. The maximum Gasteiger partial charge on any atom is 0.157 e. The molecule has 0 saturated heterocycles. The molecule has 7 heteroatoms. The van der Waals surface area contributed by atoms with Crippen LogP contribution < -0.4 is 9.47 Å². The van der Waals surface area contributed by atoms with Gasteiger partial charge in [0.1, 0.15) is 12.4 Å². The van der Waals surface area contributed by atoms with Crippen LogP contribution in [0.5, 0.6) is 11.5 Å². The van der Waals surface area contributed by atoms with E-state index < -0.39 is 0 Å². The number of benzene rings is 3. The molecular formula is C22H17Cl4NO2. The van der Waals surface area contributed by atoms with E-state index in [1.54, 1.807) is 36.5 Å². The fourth-order valence-corrected chi connectivity index (χ4v) is 3.60. The highest BCUT2D eigenvalue weighted by molar-refractivity contribution is 6.37. The van der Waals surface area contributed by atoms with Crippen molar-refractivity contribution in [3.8, 4) is 11.5 Å². The normalized spacial score (nSPS) is 11.1. The minimum atomic E-state index is 0.217. The third-order valence-corrected chi connectivity index (χ3v) is 5.07. The van der Waals surface area contributed by atoms with E-state index in [-0.39, 0.29) is 6.61 Å². The summed E-state index contributed by atoms with van der Waals surface area (Å²) in [5, 5.41) is 1.85. The largest absolute Gasteiger partial charge is 0.494 e. The van der Waals surface area contributed by atoms with Gasteiger partial charge in [-0.3, -0.25) is 4.99 Å². The predicted octanol–water partition coefficient (Wildman–Crippen LogP) is 8.03. The van der Waals surface area contributed by atoms with Crippen LogP contribution in [0.2, 0.25) is 20.1 Å². The average Bonchev–Trinajstić information content (AvgIpc) is 2.68. The maximum atomic E-state index is 6.36. The first kappa shape index (κ1) is 21.8. The lowest BCUT2D eigenvalue weighted by Gasteiger charge is -2.12.